The number of likely N-dealkylation sites (N-methyl/N-ethyl adjacent to an activating group) is 1. The highest BCUT2D eigenvalue weighted by atomic mass is 19.1. The Morgan fingerprint density at radius 2 is 1.71 bits per heavy atom. The number of aryl methyl sites for hydroxylation is 2. The number of halogens is 2. The molecule has 2 aromatic carbocycles. The van der Waals surface area contributed by atoms with Gasteiger partial charge in [0.15, 0.2) is 0 Å². The van der Waals surface area contributed by atoms with Gasteiger partial charge in [-0.15, -0.1) is 0 Å². The van der Waals surface area contributed by atoms with Crippen molar-refractivity contribution in [2.24, 2.45) is 0 Å². The van der Waals surface area contributed by atoms with E-state index in [1.54, 1.807) is 0 Å². The van der Waals surface area contributed by atoms with Gasteiger partial charge in [0.1, 0.15) is 11.6 Å². The van der Waals surface area contributed by atoms with Gasteiger partial charge in [0.2, 0.25) is 0 Å². The lowest BCUT2D eigenvalue weighted by atomic mass is 9.92. The molecule has 2 rings (SSSR count). The average molecular weight is 289 g/mol. The quantitative estimate of drug-likeness (QED) is 0.856. The fourth-order valence-corrected chi connectivity index (χ4v) is 2.70. The minimum Gasteiger partial charge on any atom is -0.310 e. The number of rotatable bonds is 5. The molecular formula is C18H21F2N. The molecule has 0 radical (unpaired) electrons. The summed E-state index contributed by atoms with van der Waals surface area (Å²) in [6.45, 7) is 6.84. The van der Waals surface area contributed by atoms with E-state index in [4.69, 9.17) is 0 Å². The van der Waals surface area contributed by atoms with Crippen LogP contribution in [0.25, 0.3) is 0 Å². The molecule has 1 unspecified atom stereocenters. The Kier molecular flexibility index (Phi) is 5.07. The summed E-state index contributed by atoms with van der Waals surface area (Å²) in [5.74, 6) is -1.04. The summed E-state index contributed by atoms with van der Waals surface area (Å²) in [4.78, 5) is 0. The van der Waals surface area contributed by atoms with Crippen molar-refractivity contribution in [2.45, 2.75) is 33.2 Å². The van der Waals surface area contributed by atoms with Crippen molar-refractivity contribution in [1.29, 1.82) is 0 Å². The third-order valence-corrected chi connectivity index (χ3v) is 3.84. The van der Waals surface area contributed by atoms with Crippen molar-refractivity contribution in [3.8, 4) is 0 Å². The maximum atomic E-state index is 14.0. The molecule has 0 aromatic heterocycles. The number of hydrogen-bond acceptors (Lipinski definition) is 1. The third kappa shape index (κ3) is 3.67. The van der Waals surface area contributed by atoms with Crippen LogP contribution in [0.4, 0.5) is 8.78 Å². The Morgan fingerprint density at radius 3 is 2.29 bits per heavy atom. The molecule has 112 valence electrons. The van der Waals surface area contributed by atoms with Crippen LogP contribution in [0, 0.1) is 25.5 Å². The summed E-state index contributed by atoms with van der Waals surface area (Å²) in [6.07, 6.45) is 0.689. The van der Waals surface area contributed by atoms with Gasteiger partial charge in [-0.3, -0.25) is 0 Å². The van der Waals surface area contributed by atoms with Gasteiger partial charge in [0, 0.05) is 17.7 Å². The first-order chi connectivity index (χ1) is 10.0. The van der Waals surface area contributed by atoms with Crippen molar-refractivity contribution >= 4 is 0 Å². The van der Waals surface area contributed by atoms with Gasteiger partial charge in [-0.05, 0) is 49.6 Å². The molecule has 1 atom stereocenters. The second-order valence-electron chi connectivity index (χ2n) is 5.35. The standard InChI is InChI=1S/C18H21F2N/c1-4-21-18(15-9-8-14(19)10-17(15)20)11-16-12(2)6-5-7-13(16)3/h5-10,18,21H,4,11H2,1-3H3. The molecule has 0 fully saturated rings. The van der Waals surface area contributed by atoms with Crippen LogP contribution in [0.5, 0.6) is 0 Å². The fraction of sp³-hybridized carbons (Fsp3) is 0.333. The Balaban J connectivity index is 2.35. The van der Waals surface area contributed by atoms with Crippen LogP contribution in [0.2, 0.25) is 0 Å². The summed E-state index contributed by atoms with van der Waals surface area (Å²) in [7, 11) is 0. The van der Waals surface area contributed by atoms with Crippen molar-refractivity contribution in [3.63, 3.8) is 0 Å². The Labute approximate surface area is 125 Å². The molecule has 0 heterocycles. The summed E-state index contributed by atoms with van der Waals surface area (Å²) in [5.41, 5.74) is 4.12. The molecule has 1 nitrogen and oxygen atoms in total. The highest BCUT2D eigenvalue weighted by molar-refractivity contribution is 5.36. The molecule has 0 saturated carbocycles. The zero-order chi connectivity index (χ0) is 15.4. The topological polar surface area (TPSA) is 12.0 Å². The first-order valence-corrected chi connectivity index (χ1v) is 7.26. The number of benzene rings is 2. The lowest BCUT2D eigenvalue weighted by Crippen LogP contribution is -2.24. The molecule has 0 aliphatic heterocycles. The van der Waals surface area contributed by atoms with Crippen LogP contribution in [0.15, 0.2) is 36.4 Å². The van der Waals surface area contributed by atoms with Gasteiger partial charge >= 0.3 is 0 Å². The van der Waals surface area contributed by atoms with Gasteiger partial charge in [-0.2, -0.15) is 0 Å². The molecule has 0 amide bonds. The van der Waals surface area contributed by atoms with Crippen molar-refractivity contribution in [2.75, 3.05) is 6.54 Å². The van der Waals surface area contributed by atoms with E-state index in [0.29, 0.717) is 12.0 Å². The van der Waals surface area contributed by atoms with E-state index >= 15 is 0 Å². The lowest BCUT2D eigenvalue weighted by Gasteiger charge is -2.21. The van der Waals surface area contributed by atoms with Crippen LogP contribution in [-0.4, -0.2) is 6.54 Å². The van der Waals surface area contributed by atoms with Gasteiger partial charge in [0.05, 0.1) is 0 Å². The zero-order valence-corrected chi connectivity index (χ0v) is 12.7. The summed E-state index contributed by atoms with van der Waals surface area (Å²) in [5, 5.41) is 3.30. The lowest BCUT2D eigenvalue weighted by molar-refractivity contribution is 0.501. The Hall–Kier alpha value is -1.74. The van der Waals surface area contributed by atoms with Gasteiger partial charge in [0.25, 0.3) is 0 Å². The Bertz CT molecular complexity index is 602. The number of hydrogen-bond donors (Lipinski definition) is 1. The summed E-state index contributed by atoms with van der Waals surface area (Å²) >= 11 is 0. The number of nitrogens with one attached hydrogen (secondary N) is 1. The average Bonchev–Trinajstić information content (AvgIpc) is 2.42. The van der Waals surface area contributed by atoms with E-state index in [-0.39, 0.29) is 6.04 Å². The molecule has 0 bridgehead atoms. The van der Waals surface area contributed by atoms with Crippen molar-refractivity contribution in [3.05, 3.63) is 70.3 Å². The van der Waals surface area contributed by atoms with E-state index < -0.39 is 11.6 Å². The van der Waals surface area contributed by atoms with Gasteiger partial charge in [-0.25, -0.2) is 8.78 Å². The Morgan fingerprint density at radius 1 is 1.05 bits per heavy atom. The zero-order valence-electron chi connectivity index (χ0n) is 12.7. The summed E-state index contributed by atoms with van der Waals surface area (Å²) < 4.78 is 27.1. The fourth-order valence-electron chi connectivity index (χ4n) is 2.70. The van der Waals surface area contributed by atoms with E-state index in [9.17, 15) is 8.78 Å². The molecule has 0 aliphatic rings. The predicted octanol–water partition coefficient (Wildman–Crippen LogP) is 4.47. The predicted molar refractivity (Wildman–Crippen MR) is 82.4 cm³/mol. The highest BCUT2D eigenvalue weighted by Crippen LogP contribution is 2.25. The smallest absolute Gasteiger partial charge is 0.130 e. The first-order valence-electron chi connectivity index (χ1n) is 7.26. The molecule has 0 aliphatic carbocycles. The molecular weight excluding hydrogens is 268 g/mol. The third-order valence-electron chi connectivity index (χ3n) is 3.84. The van der Waals surface area contributed by atoms with Crippen molar-refractivity contribution in [1.82, 2.24) is 5.32 Å². The minimum atomic E-state index is -0.543. The van der Waals surface area contributed by atoms with Gasteiger partial charge in [-0.1, -0.05) is 31.2 Å². The van der Waals surface area contributed by atoms with Crippen molar-refractivity contribution < 1.29 is 8.78 Å². The van der Waals surface area contributed by atoms with E-state index in [1.807, 2.05) is 13.0 Å². The van der Waals surface area contributed by atoms with E-state index in [1.165, 1.54) is 28.8 Å². The van der Waals surface area contributed by atoms with Crippen LogP contribution in [0.3, 0.4) is 0 Å². The summed E-state index contributed by atoms with van der Waals surface area (Å²) in [6, 6.07) is 9.78. The monoisotopic (exact) mass is 289 g/mol. The normalized spacial score (nSPS) is 12.4. The molecule has 3 heteroatoms. The molecule has 0 spiro atoms. The second kappa shape index (κ2) is 6.81. The first kappa shape index (κ1) is 15.6. The molecule has 2 aromatic rings. The van der Waals surface area contributed by atoms with E-state index in [0.717, 1.165) is 12.6 Å². The van der Waals surface area contributed by atoms with Crippen LogP contribution >= 0.6 is 0 Å². The van der Waals surface area contributed by atoms with Crippen LogP contribution in [-0.2, 0) is 6.42 Å². The maximum Gasteiger partial charge on any atom is 0.130 e. The second-order valence-corrected chi connectivity index (χ2v) is 5.35. The van der Waals surface area contributed by atoms with E-state index in [2.05, 4.69) is 31.3 Å². The molecule has 1 N–H and O–H groups in total. The van der Waals surface area contributed by atoms with Gasteiger partial charge < -0.3 is 5.32 Å². The van der Waals surface area contributed by atoms with Crippen LogP contribution < -0.4 is 5.32 Å². The maximum absolute atomic E-state index is 14.0. The highest BCUT2D eigenvalue weighted by Gasteiger charge is 2.17. The van der Waals surface area contributed by atoms with Crippen LogP contribution in [0.1, 0.15) is 35.2 Å². The largest absolute Gasteiger partial charge is 0.310 e. The minimum absolute atomic E-state index is 0.157. The molecule has 21 heavy (non-hydrogen) atoms. The SMILES string of the molecule is CCNC(Cc1c(C)cccc1C)c1ccc(F)cc1F. The molecule has 0 saturated heterocycles.